The van der Waals surface area contributed by atoms with Crippen LogP contribution in [-0.2, 0) is 0 Å². The van der Waals surface area contributed by atoms with Crippen molar-refractivity contribution < 1.29 is 19.0 Å². The maximum absolute atomic E-state index is 12.9. The molecule has 0 aliphatic carbocycles. The molecule has 0 unspecified atom stereocenters. The van der Waals surface area contributed by atoms with Gasteiger partial charge in [-0.05, 0) is 42.0 Å². The molecule has 1 aromatic heterocycles. The molecule has 5 heteroatoms. The number of para-hydroxylation sites is 1. The minimum atomic E-state index is -0.197. The fourth-order valence-electron chi connectivity index (χ4n) is 3.59. The summed E-state index contributed by atoms with van der Waals surface area (Å²) in [5, 5.41) is 1.10. The highest BCUT2D eigenvalue weighted by Gasteiger charge is 2.19. The van der Waals surface area contributed by atoms with Crippen LogP contribution in [0, 0.1) is 0 Å². The standard InChI is InChI=1S/C27H23NO4/c1-30-25-16-13-21(26(31-2)27(25)32-3)24(29)15-11-18-7-6-9-20(17-18)23-14-12-19-8-4-5-10-22(19)28-23/h4-17H,1-3H3. The number of methoxy groups -OCH3 is 3. The summed E-state index contributed by atoms with van der Waals surface area (Å²) < 4.78 is 16.1. The van der Waals surface area contributed by atoms with Gasteiger partial charge in [-0.3, -0.25) is 4.79 Å². The van der Waals surface area contributed by atoms with Crippen molar-refractivity contribution in [1.82, 2.24) is 4.98 Å². The van der Waals surface area contributed by atoms with E-state index < -0.39 is 0 Å². The summed E-state index contributed by atoms with van der Waals surface area (Å²) in [6, 6.07) is 23.4. The summed E-state index contributed by atoms with van der Waals surface area (Å²) >= 11 is 0. The lowest BCUT2D eigenvalue weighted by Crippen LogP contribution is -2.02. The first-order valence-electron chi connectivity index (χ1n) is 10.1. The summed E-state index contributed by atoms with van der Waals surface area (Å²) in [7, 11) is 4.55. The first kappa shape index (κ1) is 21.1. The van der Waals surface area contributed by atoms with Crippen molar-refractivity contribution >= 4 is 22.8 Å². The molecule has 0 N–H and O–H groups in total. The molecule has 32 heavy (non-hydrogen) atoms. The number of pyridine rings is 1. The summed E-state index contributed by atoms with van der Waals surface area (Å²) in [5.74, 6) is 1.03. The van der Waals surface area contributed by atoms with Crippen LogP contribution in [0.1, 0.15) is 15.9 Å². The zero-order valence-electron chi connectivity index (χ0n) is 18.2. The fraction of sp³-hybridized carbons (Fsp3) is 0.111. The highest BCUT2D eigenvalue weighted by atomic mass is 16.5. The Labute approximate surface area is 186 Å². The number of carbonyl (C=O) groups is 1. The molecule has 1 heterocycles. The van der Waals surface area contributed by atoms with Crippen LogP contribution in [0.5, 0.6) is 17.2 Å². The molecule has 0 aliphatic heterocycles. The van der Waals surface area contributed by atoms with Crippen molar-refractivity contribution in [3.8, 4) is 28.5 Å². The Morgan fingerprint density at radius 2 is 1.62 bits per heavy atom. The normalized spacial score (nSPS) is 11.0. The Morgan fingerprint density at radius 1 is 0.812 bits per heavy atom. The Bertz CT molecular complexity index is 1310. The second-order valence-electron chi connectivity index (χ2n) is 7.09. The zero-order valence-corrected chi connectivity index (χ0v) is 18.2. The number of rotatable bonds is 7. The van der Waals surface area contributed by atoms with Crippen LogP contribution in [0.3, 0.4) is 0 Å². The number of aromatic nitrogens is 1. The average Bonchev–Trinajstić information content (AvgIpc) is 2.86. The summed E-state index contributed by atoms with van der Waals surface area (Å²) in [6.07, 6.45) is 3.31. The smallest absolute Gasteiger partial charge is 0.204 e. The molecule has 160 valence electrons. The number of hydrogen-bond donors (Lipinski definition) is 0. The van der Waals surface area contributed by atoms with E-state index in [4.69, 9.17) is 19.2 Å². The summed E-state index contributed by atoms with van der Waals surface area (Å²) in [4.78, 5) is 17.6. The van der Waals surface area contributed by atoms with Crippen molar-refractivity contribution in [1.29, 1.82) is 0 Å². The first-order chi connectivity index (χ1) is 15.6. The van der Waals surface area contributed by atoms with Crippen LogP contribution < -0.4 is 14.2 Å². The third-order valence-corrected chi connectivity index (χ3v) is 5.18. The molecule has 0 bridgehead atoms. The Kier molecular flexibility index (Phi) is 6.17. The van der Waals surface area contributed by atoms with Gasteiger partial charge in [0.15, 0.2) is 17.3 Å². The lowest BCUT2D eigenvalue weighted by atomic mass is 10.0. The Balaban J connectivity index is 1.62. The Morgan fingerprint density at radius 3 is 2.41 bits per heavy atom. The van der Waals surface area contributed by atoms with Gasteiger partial charge in [0.2, 0.25) is 5.75 Å². The maximum atomic E-state index is 12.9. The van der Waals surface area contributed by atoms with Crippen molar-refractivity contribution in [2.75, 3.05) is 21.3 Å². The number of fused-ring (bicyclic) bond motifs is 1. The number of nitrogens with zero attached hydrogens (tertiary/aromatic N) is 1. The molecular formula is C27H23NO4. The van der Waals surface area contributed by atoms with Crippen LogP contribution in [-0.4, -0.2) is 32.1 Å². The average molecular weight is 425 g/mol. The van der Waals surface area contributed by atoms with Gasteiger partial charge in [-0.1, -0.05) is 48.5 Å². The van der Waals surface area contributed by atoms with Crippen LogP contribution in [0.2, 0.25) is 0 Å². The predicted octanol–water partition coefficient (Wildman–Crippen LogP) is 5.82. The van der Waals surface area contributed by atoms with E-state index in [1.807, 2.05) is 54.6 Å². The van der Waals surface area contributed by atoms with Gasteiger partial charge in [-0.15, -0.1) is 0 Å². The van der Waals surface area contributed by atoms with Crippen molar-refractivity contribution in [3.05, 3.63) is 90.0 Å². The first-order valence-corrected chi connectivity index (χ1v) is 10.1. The van der Waals surface area contributed by atoms with Crippen LogP contribution >= 0.6 is 0 Å². The SMILES string of the molecule is COc1ccc(C(=O)C=Cc2cccc(-c3ccc4ccccc4n3)c2)c(OC)c1OC. The zero-order chi connectivity index (χ0) is 22.5. The Hall–Kier alpha value is -4.12. The van der Waals surface area contributed by atoms with Gasteiger partial charge in [0.05, 0.1) is 38.1 Å². The van der Waals surface area contributed by atoms with Gasteiger partial charge in [-0.2, -0.15) is 0 Å². The number of hydrogen-bond acceptors (Lipinski definition) is 5. The topological polar surface area (TPSA) is 57.7 Å². The fourth-order valence-corrected chi connectivity index (χ4v) is 3.59. The largest absolute Gasteiger partial charge is 0.493 e. The van der Waals surface area contributed by atoms with E-state index in [1.165, 1.54) is 27.4 Å². The highest BCUT2D eigenvalue weighted by molar-refractivity contribution is 6.09. The highest BCUT2D eigenvalue weighted by Crippen LogP contribution is 2.40. The molecule has 0 atom stereocenters. The molecule has 3 aromatic carbocycles. The van der Waals surface area contributed by atoms with E-state index in [0.29, 0.717) is 22.8 Å². The molecule has 4 rings (SSSR count). The second-order valence-corrected chi connectivity index (χ2v) is 7.09. The minimum Gasteiger partial charge on any atom is -0.493 e. The lowest BCUT2D eigenvalue weighted by Gasteiger charge is -2.14. The van der Waals surface area contributed by atoms with E-state index in [-0.39, 0.29) is 5.78 Å². The maximum Gasteiger partial charge on any atom is 0.204 e. The van der Waals surface area contributed by atoms with Crippen molar-refractivity contribution in [3.63, 3.8) is 0 Å². The van der Waals surface area contributed by atoms with E-state index in [2.05, 4.69) is 6.07 Å². The minimum absolute atomic E-state index is 0.197. The van der Waals surface area contributed by atoms with Gasteiger partial charge in [0, 0.05) is 10.9 Å². The molecule has 0 aliphatic rings. The number of allylic oxidation sites excluding steroid dienone is 1. The van der Waals surface area contributed by atoms with Gasteiger partial charge in [-0.25, -0.2) is 4.98 Å². The van der Waals surface area contributed by atoms with Gasteiger partial charge >= 0.3 is 0 Å². The van der Waals surface area contributed by atoms with Crippen LogP contribution in [0.25, 0.3) is 28.2 Å². The third-order valence-electron chi connectivity index (χ3n) is 5.18. The molecular weight excluding hydrogens is 402 g/mol. The summed E-state index contributed by atoms with van der Waals surface area (Å²) in [6.45, 7) is 0. The van der Waals surface area contributed by atoms with E-state index in [1.54, 1.807) is 18.2 Å². The van der Waals surface area contributed by atoms with Crippen LogP contribution in [0.4, 0.5) is 0 Å². The van der Waals surface area contributed by atoms with Gasteiger partial charge < -0.3 is 14.2 Å². The number of ketones is 1. The number of ether oxygens (including phenoxy) is 3. The molecule has 0 saturated carbocycles. The van der Waals surface area contributed by atoms with E-state index in [0.717, 1.165) is 27.7 Å². The van der Waals surface area contributed by atoms with Crippen molar-refractivity contribution in [2.45, 2.75) is 0 Å². The van der Waals surface area contributed by atoms with Gasteiger partial charge in [0.1, 0.15) is 0 Å². The molecule has 4 aromatic rings. The quantitative estimate of drug-likeness (QED) is 0.276. The summed E-state index contributed by atoms with van der Waals surface area (Å²) in [5.41, 5.74) is 4.10. The molecule has 0 amide bonds. The van der Waals surface area contributed by atoms with E-state index in [9.17, 15) is 4.79 Å². The van der Waals surface area contributed by atoms with Crippen molar-refractivity contribution in [2.24, 2.45) is 0 Å². The molecule has 0 radical (unpaired) electrons. The third kappa shape index (κ3) is 4.18. The number of benzene rings is 3. The molecule has 0 fully saturated rings. The molecule has 0 spiro atoms. The molecule has 0 saturated heterocycles. The molecule has 5 nitrogen and oxygen atoms in total. The van der Waals surface area contributed by atoms with Gasteiger partial charge in [0.25, 0.3) is 0 Å². The monoisotopic (exact) mass is 425 g/mol. The second kappa shape index (κ2) is 9.35. The van der Waals surface area contributed by atoms with Crippen LogP contribution in [0.15, 0.2) is 78.9 Å². The predicted molar refractivity (Wildman–Crippen MR) is 127 cm³/mol. The number of carbonyl (C=O) groups excluding carboxylic acids is 1. The lowest BCUT2D eigenvalue weighted by molar-refractivity contribution is 0.104. The van der Waals surface area contributed by atoms with E-state index >= 15 is 0 Å².